The summed E-state index contributed by atoms with van der Waals surface area (Å²) >= 11 is 6.20. The summed E-state index contributed by atoms with van der Waals surface area (Å²) in [5.74, 6) is 0.538. The van der Waals surface area contributed by atoms with Crippen LogP contribution in [0.1, 0.15) is 30.2 Å². The molecular weight excluding hydrogens is 372 g/mol. The third-order valence-electron chi connectivity index (χ3n) is 4.75. The zero-order chi connectivity index (χ0) is 18.3. The third-order valence-corrected chi connectivity index (χ3v) is 7.10. The number of para-hydroxylation sites is 2. The van der Waals surface area contributed by atoms with E-state index in [1.54, 1.807) is 18.2 Å². The second kappa shape index (κ2) is 6.68. The first kappa shape index (κ1) is 17.5. The summed E-state index contributed by atoms with van der Waals surface area (Å²) in [4.78, 5) is 4.70. The molecule has 2 heterocycles. The van der Waals surface area contributed by atoms with Crippen LogP contribution in [0.3, 0.4) is 0 Å². The molecule has 1 aromatic heterocycles. The van der Waals surface area contributed by atoms with Crippen molar-refractivity contribution in [3.8, 4) is 0 Å². The molecule has 0 bridgehead atoms. The van der Waals surface area contributed by atoms with Crippen LogP contribution in [0.5, 0.6) is 0 Å². The monoisotopic (exact) mass is 390 g/mol. The normalized spacial score (nSPS) is 19.1. The topological polar surface area (TPSA) is 63.4 Å². The molecule has 0 unspecified atom stereocenters. The van der Waals surface area contributed by atoms with Crippen molar-refractivity contribution in [3.63, 3.8) is 0 Å². The lowest BCUT2D eigenvalue weighted by atomic mass is 10.00. The molecule has 1 saturated heterocycles. The molecule has 0 spiro atoms. The van der Waals surface area contributed by atoms with Gasteiger partial charge in [0.15, 0.2) is 11.5 Å². The maximum absolute atomic E-state index is 13.1. The van der Waals surface area contributed by atoms with Gasteiger partial charge < -0.3 is 4.42 Å². The molecule has 1 atom stereocenters. The van der Waals surface area contributed by atoms with Crippen LogP contribution in [0.2, 0.25) is 5.02 Å². The molecule has 0 aliphatic carbocycles. The fourth-order valence-corrected chi connectivity index (χ4v) is 5.48. The summed E-state index contributed by atoms with van der Waals surface area (Å²) < 4.78 is 33.5. The van der Waals surface area contributed by atoms with Crippen molar-refractivity contribution < 1.29 is 12.8 Å². The Bertz CT molecular complexity index is 1030. The molecule has 1 fully saturated rings. The summed E-state index contributed by atoms with van der Waals surface area (Å²) in [5, 5.41) is 0.258. The second-order valence-electron chi connectivity index (χ2n) is 6.66. The van der Waals surface area contributed by atoms with Crippen LogP contribution in [-0.4, -0.2) is 30.8 Å². The minimum atomic E-state index is -3.65. The summed E-state index contributed by atoms with van der Waals surface area (Å²) in [6, 6.07) is 12.6. The number of nitrogens with zero attached hydrogens (tertiary/aromatic N) is 2. The highest BCUT2D eigenvalue weighted by atomic mass is 35.5. The first-order valence-corrected chi connectivity index (χ1v) is 10.4. The second-order valence-corrected chi connectivity index (χ2v) is 8.97. The Kier molecular flexibility index (Phi) is 4.50. The SMILES string of the molecule is Cc1ccc(S(=O)(=O)N2CCC[C@H](c3nc4ccccc4o3)C2)c(Cl)c1. The fraction of sp³-hybridized carbons (Fsp3) is 0.316. The van der Waals surface area contributed by atoms with Crippen molar-refractivity contribution >= 4 is 32.7 Å². The standard InChI is InChI=1S/C19H19ClN2O3S/c1-13-8-9-18(15(20)11-13)26(23,24)22-10-4-5-14(12-22)19-21-16-6-2-3-7-17(16)25-19/h2-3,6-9,11,14H,4-5,10,12H2,1H3/t14-/m0/s1. The molecule has 4 rings (SSSR count). The molecular formula is C19H19ClN2O3S. The van der Waals surface area contributed by atoms with Gasteiger partial charge in [0.05, 0.1) is 5.02 Å². The molecule has 0 N–H and O–H groups in total. The lowest BCUT2D eigenvalue weighted by Crippen LogP contribution is -2.39. The van der Waals surface area contributed by atoms with Crippen molar-refractivity contribution in [3.05, 3.63) is 58.9 Å². The molecule has 3 aromatic rings. The van der Waals surface area contributed by atoms with E-state index in [1.807, 2.05) is 31.2 Å². The number of aryl methyl sites for hydroxylation is 1. The van der Waals surface area contributed by atoms with Crippen molar-refractivity contribution in [1.82, 2.24) is 9.29 Å². The zero-order valence-corrected chi connectivity index (χ0v) is 15.9. The van der Waals surface area contributed by atoms with E-state index in [0.717, 1.165) is 29.5 Å². The van der Waals surface area contributed by atoms with E-state index in [-0.39, 0.29) is 15.8 Å². The van der Waals surface area contributed by atoms with Gasteiger partial charge in [-0.15, -0.1) is 0 Å². The first-order chi connectivity index (χ1) is 12.4. The van der Waals surface area contributed by atoms with E-state index in [4.69, 9.17) is 16.0 Å². The highest BCUT2D eigenvalue weighted by Gasteiger charge is 2.34. The first-order valence-electron chi connectivity index (χ1n) is 8.57. The van der Waals surface area contributed by atoms with Gasteiger partial charge in [-0.1, -0.05) is 29.8 Å². The van der Waals surface area contributed by atoms with E-state index in [0.29, 0.717) is 19.0 Å². The quantitative estimate of drug-likeness (QED) is 0.666. The number of benzene rings is 2. The number of aromatic nitrogens is 1. The maximum atomic E-state index is 13.1. The van der Waals surface area contributed by atoms with Crippen LogP contribution in [0.4, 0.5) is 0 Å². The molecule has 1 aliphatic heterocycles. The Morgan fingerprint density at radius 2 is 2.04 bits per heavy atom. The van der Waals surface area contributed by atoms with E-state index in [2.05, 4.69) is 4.98 Å². The van der Waals surface area contributed by atoms with Crippen LogP contribution in [-0.2, 0) is 10.0 Å². The van der Waals surface area contributed by atoms with Gasteiger partial charge in [0, 0.05) is 19.0 Å². The summed E-state index contributed by atoms with van der Waals surface area (Å²) in [5.41, 5.74) is 2.45. The van der Waals surface area contributed by atoms with Crippen molar-refractivity contribution in [2.24, 2.45) is 0 Å². The lowest BCUT2D eigenvalue weighted by Gasteiger charge is -2.30. The minimum absolute atomic E-state index is 0.0600. The zero-order valence-electron chi connectivity index (χ0n) is 14.4. The Morgan fingerprint density at radius 1 is 1.23 bits per heavy atom. The smallest absolute Gasteiger partial charge is 0.244 e. The fourth-order valence-electron chi connectivity index (χ4n) is 3.38. The summed E-state index contributed by atoms with van der Waals surface area (Å²) in [6.07, 6.45) is 1.60. The average molecular weight is 391 g/mol. The largest absolute Gasteiger partial charge is 0.440 e. The van der Waals surface area contributed by atoms with Gasteiger partial charge in [0.25, 0.3) is 0 Å². The van der Waals surface area contributed by atoms with E-state index < -0.39 is 10.0 Å². The Morgan fingerprint density at radius 3 is 2.81 bits per heavy atom. The van der Waals surface area contributed by atoms with E-state index >= 15 is 0 Å². The van der Waals surface area contributed by atoms with Gasteiger partial charge in [0.1, 0.15) is 10.4 Å². The van der Waals surface area contributed by atoms with Gasteiger partial charge in [-0.05, 0) is 49.6 Å². The van der Waals surface area contributed by atoms with E-state index in [9.17, 15) is 8.42 Å². The summed E-state index contributed by atoms with van der Waals surface area (Å²) in [6.45, 7) is 2.70. The summed E-state index contributed by atoms with van der Waals surface area (Å²) in [7, 11) is -3.65. The molecule has 0 radical (unpaired) electrons. The van der Waals surface area contributed by atoms with Gasteiger partial charge >= 0.3 is 0 Å². The average Bonchev–Trinajstić information content (AvgIpc) is 3.06. The number of halogens is 1. The minimum Gasteiger partial charge on any atom is -0.440 e. The molecule has 2 aromatic carbocycles. The van der Waals surface area contributed by atoms with Crippen LogP contribution in [0, 0.1) is 6.92 Å². The highest BCUT2D eigenvalue weighted by molar-refractivity contribution is 7.89. The van der Waals surface area contributed by atoms with Crippen LogP contribution >= 0.6 is 11.6 Å². The van der Waals surface area contributed by atoms with Crippen molar-refractivity contribution in [1.29, 1.82) is 0 Å². The number of hydrogen-bond acceptors (Lipinski definition) is 4. The molecule has 0 saturated carbocycles. The predicted molar refractivity (Wildman–Crippen MR) is 101 cm³/mol. The Labute approximate surface area is 157 Å². The maximum Gasteiger partial charge on any atom is 0.244 e. The highest BCUT2D eigenvalue weighted by Crippen LogP contribution is 2.33. The molecule has 26 heavy (non-hydrogen) atoms. The molecule has 5 nitrogen and oxygen atoms in total. The number of piperidine rings is 1. The van der Waals surface area contributed by atoms with E-state index in [1.165, 1.54) is 4.31 Å². The molecule has 1 aliphatic rings. The van der Waals surface area contributed by atoms with Crippen LogP contribution in [0.25, 0.3) is 11.1 Å². The number of hydrogen-bond donors (Lipinski definition) is 0. The van der Waals surface area contributed by atoms with Crippen LogP contribution in [0.15, 0.2) is 51.8 Å². The van der Waals surface area contributed by atoms with Gasteiger partial charge in [0.2, 0.25) is 10.0 Å². The van der Waals surface area contributed by atoms with Gasteiger partial charge in [-0.3, -0.25) is 0 Å². The van der Waals surface area contributed by atoms with Gasteiger partial charge in [-0.2, -0.15) is 4.31 Å². The van der Waals surface area contributed by atoms with Crippen molar-refractivity contribution in [2.75, 3.05) is 13.1 Å². The Hall–Kier alpha value is -1.89. The third kappa shape index (κ3) is 3.13. The predicted octanol–water partition coefficient (Wildman–Crippen LogP) is 4.36. The number of fused-ring (bicyclic) bond motifs is 1. The number of sulfonamides is 1. The Balaban J connectivity index is 1.63. The molecule has 0 amide bonds. The van der Waals surface area contributed by atoms with Gasteiger partial charge in [-0.25, -0.2) is 13.4 Å². The lowest BCUT2D eigenvalue weighted by molar-refractivity contribution is 0.288. The number of rotatable bonds is 3. The van der Waals surface area contributed by atoms with Crippen LogP contribution < -0.4 is 0 Å². The molecule has 7 heteroatoms. The molecule has 136 valence electrons. The number of oxazole rings is 1. The van der Waals surface area contributed by atoms with Crippen molar-refractivity contribution in [2.45, 2.75) is 30.6 Å².